The maximum Gasteiger partial charge on any atom is 0.106 e. The fraction of sp³-hybridized carbons (Fsp3) is 0.357. The van der Waals surface area contributed by atoms with Crippen molar-refractivity contribution in [3.8, 4) is 0 Å². The van der Waals surface area contributed by atoms with E-state index in [2.05, 4.69) is 60.1 Å². The van der Waals surface area contributed by atoms with Crippen LogP contribution in [0.25, 0.3) is 0 Å². The molecule has 17 heavy (non-hydrogen) atoms. The maximum absolute atomic E-state index is 4.69. The molecule has 1 aliphatic heterocycles. The van der Waals surface area contributed by atoms with Crippen molar-refractivity contribution in [2.75, 3.05) is 19.1 Å². The lowest BCUT2D eigenvalue weighted by Gasteiger charge is -2.23. The summed E-state index contributed by atoms with van der Waals surface area (Å²) in [6, 6.07) is 8.48. The molecule has 2 rings (SSSR count). The minimum Gasteiger partial charge on any atom is -0.399 e. The quantitative estimate of drug-likeness (QED) is 0.576. The van der Waals surface area contributed by atoms with Crippen LogP contribution in [0.5, 0.6) is 0 Å². The highest BCUT2D eigenvalue weighted by Gasteiger charge is 2.37. The molecule has 0 unspecified atom stereocenters. The van der Waals surface area contributed by atoms with Gasteiger partial charge in [-0.2, -0.15) is 0 Å². The molecule has 0 atom stereocenters. The number of allylic oxidation sites excluding steroid dienone is 2. The average molecular weight is 230 g/mol. The highest BCUT2D eigenvalue weighted by Crippen LogP contribution is 2.46. The maximum atomic E-state index is 4.69. The van der Waals surface area contributed by atoms with E-state index in [0.717, 1.165) is 0 Å². The van der Waals surface area contributed by atoms with Gasteiger partial charge in [0.15, 0.2) is 0 Å². The SMILES string of the molecule is CO/N=C\C=C1/N(C)c2ccccc2C1(C)C. The molecule has 1 heterocycles. The summed E-state index contributed by atoms with van der Waals surface area (Å²) in [6.07, 6.45) is 3.70. The van der Waals surface area contributed by atoms with Crippen molar-refractivity contribution < 1.29 is 4.84 Å². The second-order valence-corrected chi connectivity index (χ2v) is 4.69. The fourth-order valence-corrected chi connectivity index (χ4v) is 2.46. The van der Waals surface area contributed by atoms with E-state index in [-0.39, 0.29) is 5.41 Å². The van der Waals surface area contributed by atoms with Crippen molar-refractivity contribution in [1.82, 2.24) is 0 Å². The van der Waals surface area contributed by atoms with Gasteiger partial charge in [0.25, 0.3) is 0 Å². The number of anilines is 1. The first-order valence-electron chi connectivity index (χ1n) is 5.69. The van der Waals surface area contributed by atoms with Crippen LogP contribution in [-0.2, 0) is 10.3 Å². The first-order chi connectivity index (χ1) is 8.09. The average Bonchev–Trinajstić information content (AvgIpc) is 2.51. The number of hydrogen-bond acceptors (Lipinski definition) is 3. The first-order valence-corrected chi connectivity index (χ1v) is 5.69. The smallest absolute Gasteiger partial charge is 0.106 e. The fourth-order valence-electron chi connectivity index (χ4n) is 2.46. The van der Waals surface area contributed by atoms with E-state index in [1.54, 1.807) is 13.3 Å². The molecule has 0 aliphatic carbocycles. The number of benzene rings is 1. The number of rotatable bonds is 2. The van der Waals surface area contributed by atoms with Crippen LogP contribution in [0.4, 0.5) is 5.69 Å². The van der Waals surface area contributed by atoms with Crippen LogP contribution < -0.4 is 4.90 Å². The zero-order valence-electron chi connectivity index (χ0n) is 10.8. The number of nitrogens with zero attached hydrogens (tertiary/aromatic N) is 2. The molecule has 1 aromatic carbocycles. The van der Waals surface area contributed by atoms with Gasteiger partial charge in [0.1, 0.15) is 7.11 Å². The number of likely N-dealkylation sites (N-methyl/N-ethyl adjacent to an activating group) is 1. The van der Waals surface area contributed by atoms with Crippen LogP contribution in [-0.4, -0.2) is 20.4 Å². The highest BCUT2D eigenvalue weighted by molar-refractivity contribution is 5.78. The summed E-state index contributed by atoms with van der Waals surface area (Å²) < 4.78 is 0. The normalized spacial score (nSPS) is 20.0. The number of hydrogen-bond donors (Lipinski definition) is 0. The molecule has 90 valence electrons. The van der Waals surface area contributed by atoms with Gasteiger partial charge in [-0.05, 0) is 17.7 Å². The zero-order chi connectivity index (χ0) is 12.5. The second kappa shape index (κ2) is 4.24. The van der Waals surface area contributed by atoms with E-state index < -0.39 is 0 Å². The van der Waals surface area contributed by atoms with Crippen molar-refractivity contribution >= 4 is 11.9 Å². The minimum absolute atomic E-state index is 0.00506. The van der Waals surface area contributed by atoms with Crippen LogP contribution in [0, 0.1) is 0 Å². The van der Waals surface area contributed by atoms with Gasteiger partial charge in [-0.25, -0.2) is 0 Å². The molecule has 0 fully saturated rings. The Hall–Kier alpha value is -1.77. The van der Waals surface area contributed by atoms with Crippen LogP contribution in [0.3, 0.4) is 0 Å². The monoisotopic (exact) mass is 230 g/mol. The van der Waals surface area contributed by atoms with Gasteiger partial charge in [0.05, 0.1) is 6.21 Å². The van der Waals surface area contributed by atoms with E-state index in [1.165, 1.54) is 16.9 Å². The number of oxime groups is 1. The lowest BCUT2D eigenvalue weighted by atomic mass is 9.84. The standard InChI is InChI=1S/C14H18N2O/c1-14(2)11-7-5-6-8-12(11)16(3)13(14)9-10-15-17-4/h5-10H,1-4H3/b13-9-,15-10-. The topological polar surface area (TPSA) is 24.8 Å². The Morgan fingerprint density at radius 3 is 2.65 bits per heavy atom. The zero-order valence-corrected chi connectivity index (χ0v) is 10.8. The van der Waals surface area contributed by atoms with Gasteiger partial charge < -0.3 is 9.74 Å². The molecular weight excluding hydrogens is 212 g/mol. The lowest BCUT2D eigenvalue weighted by Crippen LogP contribution is -2.23. The molecule has 3 nitrogen and oxygen atoms in total. The summed E-state index contributed by atoms with van der Waals surface area (Å²) in [5, 5.41) is 3.77. The highest BCUT2D eigenvalue weighted by atomic mass is 16.6. The number of para-hydroxylation sites is 1. The second-order valence-electron chi connectivity index (χ2n) is 4.69. The Balaban J connectivity index is 2.47. The molecular formula is C14H18N2O. The molecule has 0 N–H and O–H groups in total. The van der Waals surface area contributed by atoms with E-state index >= 15 is 0 Å². The molecule has 1 aromatic rings. The van der Waals surface area contributed by atoms with Gasteiger partial charge in [-0.1, -0.05) is 37.2 Å². The molecule has 0 spiro atoms. The van der Waals surface area contributed by atoms with Crippen molar-refractivity contribution in [2.45, 2.75) is 19.3 Å². The molecule has 0 aromatic heterocycles. The third-order valence-electron chi connectivity index (χ3n) is 3.34. The molecule has 0 saturated carbocycles. The Bertz CT molecular complexity index is 475. The van der Waals surface area contributed by atoms with Crippen molar-refractivity contribution in [3.05, 3.63) is 41.6 Å². The van der Waals surface area contributed by atoms with Crippen molar-refractivity contribution in [2.24, 2.45) is 5.16 Å². The molecule has 3 heteroatoms. The van der Waals surface area contributed by atoms with Crippen molar-refractivity contribution in [1.29, 1.82) is 0 Å². The summed E-state index contributed by atoms with van der Waals surface area (Å²) in [6.45, 7) is 4.45. The largest absolute Gasteiger partial charge is 0.399 e. The molecule has 0 bridgehead atoms. The summed E-state index contributed by atoms with van der Waals surface area (Å²) in [5.41, 5.74) is 3.83. The van der Waals surface area contributed by atoms with Crippen LogP contribution >= 0.6 is 0 Å². The van der Waals surface area contributed by atoms with Gasteiger partial charge in [0, 0.05) is 23.8 Å². The summed E-state index contributed by atoms with van der Waals surface area (Å²) >= 11 is 0. The third-order valence-corrected chi connectivity index (χ3v) is 3.34. The number of fused-ring (bicyclic) bond motifs is 1. The van der Waals surface area contributed by atoms with Gasteiger partial charge >= 0.3 is 0 Å². The summed E-state index contributed by atoms with van der Waals surface area (Å²) in [7, 11) is 3.63. The predicted molar refractivity (Wildman–Crippen MR) is 71.5 cm³/mol. The molecule has 1 aliphatic rings. The van der Waals surface area contributed by atoms with Crippen LogP contribution in [0.1, 0.15) is 19.4 Å². The van der Waals surface area contributed by atoms with Gasteiger partial charge in [0.2, 0.25) is 0 Å². The Kier molecular flexibility index (Phi) is 2.92. The minimum atomic E-state index is 0.00506. The summed E-state index contributed by atoms with van der Waals surface area (Å²) in [4.78, 5) is 6.89. The van der Waals surface area contributed by atoms with E-state index in [1.807, 2.05) is 6.08 Å². The summed E-state index contributed by atoms with van der Waals surface area (Å²) in [5.74, 6) is 0. The van der Waals surface area contributed by atoms with Crippen LogP contribution in [0.15, 0.2) is 41.2 Å². The van der Waals surface area contributed by atoms with Crippen molar-refractivity contribution in [3.63, 3.8) is 0 Å². The van der Waals surface area contributed by atoms with Crippen LogP contribution in [0.2, 0.25) is 0 Å². The van der Waals surface area contributed by atoms with E-state index in [4.69, 9.17) is 0 Å². The lowest BCUT2D eigenvalue weighted by molar-refractivity contribution is 0.215. The van der Waals surface area contributed by atoms with E-state index in [0.29, 0.717) is 0 Å². The third kappa shape index (κ3) is 1.82. The Morgan fingerprint density at radius 1 is 1.29 bits per heavy atom. The Morgan fingerprint density at radius 2 is 2.00 bits per heavy atom. The van der Waals surface area contributed by atoms with Gasteiger partial charge in [-0.15, -0.1) is 0 Å². The predicted octanol–water partition coefficient (Wildman–Crippen LogP) is 2.93. The molecule has 0 amide bonds. The Labute approximate surface area is 102 Å². The molecule has 0 radical (unpaired) electrons. The first kappa shape index (κ1) is 11.7. The van der Waals surface area contributed by atoms with Gasteiger partial charge in [-0.3, -0.25) is 0 Å². The van der Waals surface area contributed by atoms with E-state index in [9.17, 15) is 0 Å². The molecule has 0 saturated heterocycles.